The minimum Gasteiger partial charge on any atom is -0.356 e. The maximum atomic E-state index is 9.10. The normalized spacial score (nSPS) is 17.6. The second kappa shape index (κ2) is 6.77. The van der Waals surface area contributed by atoms with Crippen LogP contribution >= 0.6 is 0 Å². The molecule has 3 aliphatic rings. The molecule has 0 aliphatic carbocycles. The topological polar surface area (TPSA) is 87.6 Å². The summed E-state index contributed by atoms with van der Waals surface area (Å²) in [4.78, 5) is 7.56. The molecular formula is C25H22N8. The number of fused-ring (bicyclic) bond motifs is 5. The Morgan fingerprint density at radius 1 is 1.06 bits per heavy atom. The Morgan fingerprint density at radius 2 is 1.94 bits per heavy atom. The van der Waals surface area contributed by atoms with E-state index in [0.717, 1.165) is 66.0 Å². The van der Waals surface area contributed by atoms with Crippen molar-refractivity contribution in [2.24, 2.45) is 5.41 Å². The highest BCUT2D eigenvalue weighted by Crippen LogP contribution is 2.38. The number of benzene rings is 1. The van der Waals surface area contributed by atoms with Crippen molar-refractivity contribution < 1.29 is 0 Å². The van der Waals surface area contributed by atoms with E-state index in [1.54, 1.807) is 6.33 Å². The molecular weight excluding hydrogens is 412 g/mol. The number of nitriles is 1. The predicted molar refractivity (Wildman–Crippen MR) is 124 cm³/mol. The van der Waals surface area contributed by atoms with Crippen LogP contribution in [0.1, 0.15) is 17.7 Å². The molecule has 8 nitrogen and oxygen atoms in total. The highest BCUT2D eigenvalue weighted by Gasteiger charge is 2.43. The van der Waals surface area contributed by atoms with Gasteiger partial charge in [0.2, 0.25) is 0 Å². The van der Waals surface area contributed by atoms with Gasteiger partial charge in [-0.25, -0.2) is 4.98 Å². The highest BCUT2D eigenvalue weighted by molar-refractivity contribution is 5.71. The largest absolute Gasteiger partial charge is 0.356 e. The van der Waals surface area contributed by atoms with Gasteiger partial charge >= 0.3 is 0 Å². The molecule has 162 valence electrons. The minimum atomic E-state index is 0.430. The van der Waals surface area contributed by atoms with E-state index in [-0.39, 0.29) is 0 Å². The molecule has 0 bridgehead atoms. The summed E-state index contributed by atoms with van der Waals surface area (Å²) in [5.74, 6) is 1.86. The lowest BCUT2D eigenvalue weighted by Gasteiger charge is -2.39. The minimum absolute atomic E-state index is 0.430. The average molecular weight is 435 g/mol. The summed E-state index contributed by atoms with van der Waals surface area (Å²) in [5, 5.41) is 21.2. The standard InChI is InChI=1S/C25H22N8/c26-10-17-1-3-18(4-2-17)19-9-22-24-30-28-16-33(24)21-5-6-23(29-20(21)12-32(22)11-19)31-8-7-25(15-31)13-27-14-25/h1-6,9,11,16,27H,7-8,12-15H2. The Hall–Kier alpha value is -3.96. The molecule has 0 amide bonds. The number of rotatable bonds is 2. The van der Waals surface area contributed by atoms with Crippen LogP contribution in [-0.2, 0) is 6.54 Å². The smallest absolute Gasteiger partial charge is 0.185 e. The highest BCUT2D eigenvalue weighted by atomic mass is 15.3. The van der Waals surface area contributed by atoms with Crippen molar-refractivity contribution in [2.45, 2.75) is 13.0 Å². The summed E-state index contributed by atoms with van der Waals surface area (Å²) >= 11 is 0. The molecule has 7 rings (SSSR count). The molecule has 1 aromatic carbocycles. The molecule has 4 aromatic rings. The van der Waals surface area contributed by atoms with Crippen molar-refractivity contribution in [2.75, 3.05) is 31.1 Å². The van der Waals surface area contributed by atoms with E-state index < -0.39 is 0 Å². The molecule has 3 aliphatic heterocycles. The van der Waals surface area contributed by atoms with Gasteiger partial charge in [0.15, 0.2) is 5.82 Å². The fourth-order valence-electron chi connectivity index (χ4n) is 5.36. The summed E-state index contributed by atoms with van der Waals surface area (Å²) in [5.41, 5.74) is 6.29. The van der Waals surface area contributed by atoms with Crippen LogP contribution < -0.4 is 10.2 Å². The SMILES string of the molecule is N#Cc1ccc(-c2cc3n(c2)Cc2nc(N4CCC5(CNC5)C4)ccc2-n2cnnc2-3)cc1. The van der Waals surface area contributed by atoms with Gasteiger partial charge in [-0.05, 0) is 42.3 Å². The van der Waals surface area contributed by atoms with Crippen LogP contribution in [0.4, 0.5) is 5.82 Å². The van der Waals surface area contributed by atoms with Gasteiger partial charge in [0.25, 0.3) is 0 Å². The van der Waals surface area contributed by atoms with E-state index in [9.17, 15) is 0 Å². The summed E-state index contributed by atoms with van der Waals surface area (Å²) in [6, 6.07) is 16.3. The molecule has 0 unspecified atom stereocenters. The zero-order chi connectivity index (χ0) is 22.0. The molecule has 6 heterocycles. The van der Waals surface area contributed by atoms with Crippen molar-refractivity contribution in [3.05, 3.63) is 66.2 Å². The first-order valence-electron chi connectivity index (χ1n) is 11.3. The number of hydrogen-bond donors (Lipinski definition) is 1. The summed E-state index contributed by atoms with van der Waals surface area (Å²) in [7, 11) is 0. The van der Waals surface area contributed by atoms with Gasteiger partial charge in [-0.1, -0.05) is 12.1 Å². The summed E-state index contributed by atoms with van der Waals surface area (Å²) in [6.45, 7) is 5.02. The number of pyridine rings is 1. The zero-order valence-corrected chi connectivity index (χ0v) is 18.1. The molecule has 0 atom stereocenters. The van der Waals surface area contributed by atoms with Crippen LogP contribution in [0.25, 0.3) is 28.3 Å². The number of nitrogens with one attached hydrogen (secondary N) is 1. The van der Waals surface area contributed by atoms with E-state index in [4.69, 9.17) is 10.2 Å². The van der Waals surface area contributed by atoms with Crippen LogP contribution in [0.5, 0.6) is 0 Å². The van der Waals surface area contributed by atoms with Crippen molar-refractivity contribution in [3.8, 4) is 34.4 Å². The van der Waals surface area contributed by atoms with Gasteiger partial charge in [-0.2, -0.15) is 5.26 Å². The lowest BCUT2D eigenvalue weighted by Crippen LogP contribution is -2.54. The lowest BCUT2D eigenvalue weighted by atomic mass is 9.81. The fourth-order valence-corrected chi connectivity index (χ4v) is 5.36. The second-order valence-corrected chi connectivity index (χ2v) is 9.37. The van der Waals surface area contributed by atoms with Gasteiger partial charge in [0, 0.05) is 43.4 Å². The zero-order valence-electron chi connectivity index (χ0n) is 18.1. The first kappa shape index (κ1) is 18.6. The first-order chi connectivity index (χ1) is 16.2. The third kappa shape index (κ3) is 2.82. The summed E-state index contributed by atoms with van der Waals surface area (Å²) < 4.78 is 4.24. The molecule has 3 aromatic heterocycles. The molecule has 0 saturated carbocycles. The third-order valence-corrected chi connectivity index (χ3v) is 7.30. The maximum Gasteiger partial charge on any atom is 0.185 e. The fraction of sp³-hybridized carbons (Fsp3) is 0.280. The van der Waals surface area contributed by atoms with Crippen LogP contribution in [0, 0.1) is 16.7 Å². The molecule has 2 saturated heterocycles. The Morgan fingerprint density at radius 3 is 2.70 bits per heavy atom. The van der Waals surface area contributed by atoms with Crippen molar-refractivity contribution in [3.63, 3.8) is 0 Å². The van der Waals surface area contributed by atoms with Crippen LogP contribution in [0.3, 0.4) is 0 Å². The van der Waals surface area contributed by atoms with E-state index in [1.165, 1.54) is 6.42 Å². The Labute approximate surface area is 191 Å². The molecule has 8 heteroatoms. The number of aromatic nitrogens is 5. The van der Waals surface area contributed by atoms with Crippen LogP contribution in [-0.4, -0.2) is 50.5 Å². The van der Waals surface area contributed by atoms with Crippen molar-refractivity contribution >= 4 is 5.82 Å². The number of nitrogens with zero attached hydrogens (tertiary/aromatic N) is 7. The molecule has 1 N–H and O–H groups in total. The van der Waals surface area contributed by atoms with Gasteiger partial charge in [-0.3, -0.25) is 4.57 Å². The molecule has 33 heavy (non-hydrogen) atoms. The Balaban J connectivity index is 1.29. The van der Waals surface area contributed by atoms with Crippen LogP contribution in [0.15, 0.2) is 55.0 Å². The van der Waals surface area contributed by atoms with Crippen LogP contribution in [0.2, 0.25) is 0 Å². The second-order valence-electron chi connectivity index (χ2n) is 9.37. The van der Waals surface area contributed by atoms with Crippen molar-refractivity contribution in [1.82, 2.24) is 29.6 Å². The monoisotopic (exact) mass is 434 g/mol. The van der Waals surface area contributed by atoms with E-state index in [0.29, 0.717) is 17.5 Å². The number of anilines is 1. The Bertz CT molecular complexity index is 1420. The maximum absolute atomic E-state index is 9.10. The van der Waals surface area contributed by atoms with Crippen molar-refractivity contribution in [1.29, 1.82) is 5.26 Å². The lowest BCUT2D eigenvalue weighted by molar-refractivity contribution is 0.199. The van der Waals surface area contributed by atoms with E-state index in [1.807, 2.05) is 28.8 Å². The average Bonchev–Trinajstić information content (AvgIpc) is 3.56. The molecule has 1 spiro atoms. The third-order valence-electron chi connectivity index (χ3n) is 7.30. The predicted octanol–water partition coefficient (Wildman–Crippen LogP) is 2.83. The summed E-state index contributed by atoms with van der Waals surface area (Å²) in [6.07, 6.45) is 5.14. The number of hydrogen-bond acceptors (Lipinski definition) is 6. The van der Waals surface area contributed by atoms with Gasteiger partial charge in [0.05, 0.1) is 35.3 Å². The van der Waals surface area contributed by atoms with Gasteiger partial charge in [-0.15, -0.1) is 10.2 Å². The Kier molecular flexibility index (Phi) is 3.81. The molecule has 0 radical (unpaired) electrons. The quantitative estimate of drug-likeness (QED) is 0.460. The van der Waals surface area contributed by atoms with Gasteiger partial charge in [0.1, 0.15) is 12.1 Å². The van der Waals surface area contributed by atoms with Gasteiger partial charge < -0.3 is 14.8 Å². The molecule has 2 fully saturated rings. The van der Waals surface area contributed by atoms with E-state index in [2.05, 4.69) is 55.4 Å². The first-order valence-corrected chi connectivity index (χ1v) is 11.3. The van der Waals surface area contributed by atoms with E-state index >= 15 is 0 Å².